The van der Waals surface area contributed by atoms with Crippen LogP contribution in [0.3, 0.4) is 0 Å². The zero-order chi connectivity index (χ0) is 99.4. The lowest BCUT2D eigenvalue weighted by molar-refractivity contribution is 0.0418. The zero-order valence-electron chi connectivity index (χ0n) is 81.8. The van der Waals surface area contributed by atoms with Crippen molar-refractivity contribution in [2.24, 2.45) is 27.4 Å². The van der Waals surface area contributed by atoms with Gasteiger partial charge in [0.2, 0.25) is 11.6 Å². The number of carbonyl (C=O) groups is 5. The van der Waals surface area contributed by atoms with Crippen LogP contribution in [0.15, 0.2) is 286 Å². The highest BCUT2D eigenvalue weighted by atomic mass is 79.9. The quantitative estimate of drug-likeness (QED) is 0.0315. The summed E-state index contributed by atoms with van der Waals surface area (Å²) in [7, 11) is -1.46. The Morgan fingerprint density at radius 1 is 0.348 bits per heavy atom. The smallest absolute Gasteiger partial charge is 0.444 e. The highest BCUT2D eigenvalue weighted by Gasteiger charge is 2.53. The average Bonchev–Trinajstić information content (AvgIpc) is 1.63. The van der Waals surface area contributed by atoms with Gasteiger partial charge in [0.25, 0.3) is 0 Å². The molecule has 141 heavy (non-hydrogen) atoms. The minimum Gasteiger partial charge on any atom is -0.444 e. The molecule has 4 spiro atoms. The van der Waals surface area contributed by atoms with Crippen molar-refractivity contribution in [1.82, 2.24) is 55.8 Å². The van der Waals surface area contributed by atoms with Crippen LogP contribution in [0, 0.1) is 21.7 Å². The van der Waals surface area contributed by atoms with Crippen LogP contribution >= 0.6 is 15.9 Å². The summed E-state index contributed by atoms with van der Waals surface area (Å²) >= 11 is 3.34. The summed E-state index contributed by atoms with van der Waals surface area (Å²) in [4.78, 5) is 108. The number of nitrogens with two attached hydrogens (primary N) is 1. The van der Waals surface area contributed by atoms with E-state index in [1.165, 1.54) is 44.5 Å². The van der Waals surface area contributed by atoms with E-state index >= 15 is 0 Å². The largest absolute Gasteiger partial charge is 0.488 e. The minimum absolute atomic E-state index is 0.000116. The van der Waals surface area contributed by atoms with Gasteiger partial charge in [-0.1, -0.05) is 232 Å². The Morgan fingerprint density at radius 3 is 0.901 bits per heavy atom. The number of carbonyl (C=O) groups excluding carboxylic acids is 5. The third-order valence-corrected chi connectivity index (χ3v) is 28.8. The molecule has 26 nitrogen and oxygen atoms in total. The SMILES string of the molecule is C=C(B(O)O)c1ccccc1.C=C(c1ccccc1)c1cnc(N2CCC3(CC2)Cc2ccccc2[C@H]3NC(=O)OC(C)(C)C)cn1.CC(C)(C)OC(=O)N[C@@H]1c2ccccc2CC12CCN(c1cnc(Br)cn1)CC2.CC(C)(C)OC(=O)N[C@@H]1c2ccccc2CC12CCN(c1cnc(C(=O)c3ccccc3)cn1)CC2.N[C@@H]1c2ccccc2CC12CCN(c1cnc(C(=O)c3ccccc3)cn1)CC2. The topological polar surface area (TPSA) is 332 Å². The molecule has 3 amide bonds. The van der Waals surface area contributed by atoms with E-state index in [1.54, 1.807) is 67.4 Å². The van der Waals surface area contributed by atoms with Crippen LogP contribution in [-0.2, 0) is 39.9 Å². The maximum atomic E-state index is 12.8. The summed E-state index contributed by atoms with van der Waals surface area (Å²) in [5, 5.41) is 27.1. The van der Waals surface area contributed by atoms with Crippen molar-refractivity contribution in [1.29, 1.82) is 0 Å². The second-order valence-corrected chi connectivity index (χ2v) is 41.9. The number of ether oxygens (including phenoxy) is 3. The Morgan fingerprint density at radius 2 is 0.610 bits per heavy atom. The molecule has 8 aliphatic rings. The molecule has 0 radical (unpaired) electrons. The first kappa shape index (κ1) is 100. The maximum absolute atomic E-state index is 12.8. The van der Waals surface area contributed by atoms with Crippen molar-refractivity contribution in [3.63, 3.8) is 0 Å². The predicted molar refractivity (Wildman–Crippen MR) is 555 cm³/mol. The first-order valence-electron chi connectivity index (χ1n) is 48.7. The first-order valence-corrected chi connectivity index (χ1v) is 49.4. The number of halogens is 1. The number of nitrogens with one attached hydrogen (secondary N) is 3. The molecule has 8 heterocycles. The molecule has 28 heteroatoms. The summed E-state index contributed by atoms with van der Waals surface area (Å²) in [6.07, 6.45) is 24.3. The number of piperidine rings is 4. The zero-order valence-corrected chi connectivity index (χ0v) is 83.4. The van der Waals surface area contributed by atoms with Crippen molar-refractivity contribution in [2.45, 2.75) is 180 Å². The molecule has 4 atom stereocenters. The molecule has 20 rings (SSSR count). The second-order valence-electron chi connectivity index (χ2n) is 41.1. The number of hydrogen-bond donors (Lipinski definition) is 6. The fraction of sp³-hybridized carbons (Fsp3) is 0.354. The van der Waals surface area contributed by atoms with E-state index in [1.807, 2.05) is 178 Å². The number of hydrogen-bond acceptors (Lipinski definition) is 23. The van der Waals surface area contributed by atoms with Gasteiger partial charge >= 0.3 is 25.4 Å². The maximum Gasteiger partial charge on any atom is 0.488 e. The molecule has 7 N–H and O–H groups in total. The van der Waals surface area contributed by atoms with Crippen molar-refractivity contribution >= 4 is 87.2 Å². The number of rotatable bonds is 15. The molecule has 0 saturated carbocycles. The Balaban J connectivity index is 0.000000131. The van der Waals surface area contributed by atoms with Crippen LogP contribution in [0.1, 0.15) is 231 Å². The number of benzene rings is 8. The normalized spacial score (nSPS) is 18.5. The molecule has 4 saturated heterocycles. The monoisotopic (exact) mass is 1960 g/mol. The van der Waals surface area contributed by atoms with Crippen LogP contribution in [0.4, 0.5) is 37.7 Å². The van der Waals surface area contributed by atoms with Crippen LogP contribution in [-0.4, -0.2) is 156 Å². The number of nitrogens with zero attached hydrogens (tertiary/aromatic N) is 12. The summed E-state index contributed by atoms with van der Waals surface area (Å²) in [5.74, 6) is 3.14. The van der Waals surface area contributed by atoms with Gasteiger partial charge in [-0.05, 0) is 222 Å². The molecule has 4 aliphatic heterocycles. The molecule has 0 unspecified atom stereocenters. The van der Waals surface area contributed by atoms with Crippen molar-refractivity contribution in [3.8, 4) is 0 Å². The number of anilines is 4. The van der Waals surface area contributed by atoms with E-state index in [0.717, 1.165) is 180 Å². The molecule has 8 aromatic carbocycles. The van der Waals surface area contributed by atoms with Gasteiger partial charge < -0.3 is 65.5 Å². The Labute approximate surface area is 835 Å². The Kier molecular flexibility index (Phi) is 30.7. The van der Waals surface area contributed by atoms with Gasteiger partial charge in [-0.2, -0.15) is 0 Å². The van der Waals surface area contributed by atoms with Crippen LogP contribution in [0.2, 0.25) is 0 Å². The van der Waals surface area contributed by atoms with Gasteiger partial charge in [-0.3, -0.25) is 14.6 Å². The first-order chi connectivity index (χ1) is 67.6. The Hall–Kier alpha value is -13.7. The molecular formula is C113H126BBrN16O10. The standard InChI is InChI=1S/C30H34N4O2.C29H32N4O3.C24H24N4O.C22H27BrN4O2.C8H9BO2/c1-21(22-10-6-5-7-11-22)25-19-32-26(20-31-25)34-16-14-30(15-17-34)18-23-12-8-9-13-24(23)27(30)33-28(35)36-29(2,3)4;1-28(2,3)36-27(35)32-26-22-12-8-7-11-21(22)17-29(26)13-15-33(16-14-29)24-19-30-23(18-31-24)25(34)20-9-5-4-6-10-20;25-23-19-9-5-4-8-18(19)14-24(23)10-12-28(13-11-24)21-16-26-20(15-27-21)22(29)17-6-2-1-3-7-17;1-21(2,3)29-20(28)26-19-16-7-5-4-6-15(16)12-22(19)8-10-27(11-9-22)18-14-24-17(23)13-25-18;1-7(9(10)11)8-5-3-2-4-6-8/h5-13,19-20,27H,1,14-18H2,2-4H3,(H,33,35);4-12,18-19,26H,13-17H2,1-3H3,(H,32,35);1-9,15-16,23H,10-14,25H2;4-7,13-14,19H,8-12H2,1-3H3,(H,26,28);2-6,10-11H,1H2/t27-;26-;23-;19-;/m1111./s1. The summed E-state index contributed by atoms with van der Waals surface area (Å²) in [5.41, 5.74) is 21.1. The summed E-state index contributed by atoms with van der Waals surface area (Å²) < 4.78 is 17.5. The van der Waals surface area contributed by atoms with E-state index < -0.39 is 23.9 Å². The number of ketones is 2. The van der Waals surface area contributed by atoms with Crippen molar-refractivity contribution < 1.29 is 48.2 Å². The molecule has 0 bridgehead atoms. The van der Waals surface area contributed by atoms with Crippen LogP contribution in [0.5, 0.6) is 0 Å². The lowest BCUT2D eigenvalue weighted by Crippen LogP contribution is -2.48. The van der Waals surface area contributed by atoms with Gasteiger partial charge in [0.1, 0.15) is 56.1 Å². The lowest BCUT2D eigenvalue weighted by Gasteiger charge is -2.43. The summed E-state index contributed by atoms with van der Waals surface area (Å²) in [6, 6.07) is 71.2. The van der Waals surface area contributed by atoms with E-state index in [0.29, 0.717) is 28.0 Å². The fourth-order valence-electron chi connectivity index (χ4n) is 21.1. The van der Waals surface area contributed by atoms with Crippen LogP contribution < -0.4 is 41.3 Å². The summed E-state index contributed by atoms with van der Waals surface area (Å²) in [6.45, 7) is 31.6. The number of amides is 3. The second kappa shape index (κ2) is 43.2. The predicted octanol–water partition coefficient (Wildman–Crippen LogP) is 20.0. The van der Waals surface area contributed by atoms with E-state index in [2.05, 4.69) is 184 Å². The highest BCUT2D eigenvalue weighted by Crippen LogP contribution is 2.57. The van der Waals surface area contributed by atoms with E-state index in [-0.39, 0.29) is 75.7 Å². The third-order valence-electron chi connectivity index (χ3n) is 28.4. The number of alkyl carbamates (subject to hydrolysis) is 3. The number of aromatic nitrogens is 8. The van der Waals surface area contributed by atoms with Crippen molar-refractivity contribution in [2.75, 3.05) is 72.0 Å². The molecule has 728 valence electrons. The molecule has 12 aromatic rings. The minimum atomic E-state index is -1.46. The van der Waals surface area contributed by atoms with E-state index in [4.69, 9.17) is 35.0 Å². The average molecular weight is 1960 g/mol. The molecule has 4 aromatic heterocycles. The van der Waals surface area contributed by atoms with Gasteiger partial charge in [0.15, 0.2) is 0 Å². The fourth-order valence-corrected chi connectivity index (χ4v) is 21.3. The Bertz CT molecular complexity index is 6160. The lowest BCUT2D eigenvalue weighted by atomic mass is 9.72. The van der Waals surface area contributed by atoms with Gasteiger partial charge in [-0.15, -0.1) is 0 Å². The number of fused-ring (bicyclic) bond motifs is 4. The molecule has 4 fully saturated rings. The van der Waals surface area contributed by atoms with Gasteiger partial charge in [0, 0.05) is 91.3 Å². The van der Waals surface area contributed by atoms with Gasteiger partial charge in [-0.25, -0.2) is 49.3 Å². The highest BCUT2D eigenvalue weighted by molar-refractivity contribution is 9.10. The van der Waals surface area contributed by atoms with E-state index in [9.17, 15) is 24.0 Å². The van der Waals surface area contributed by atoms with Crippen LogP contribution in [0.25, 0.3) is 11.0 Å². The third kappa shape index (κ3) is 24.0. The molecule has 4 aliphatic carbocycles. The van der Waals surface area contributed by atoms with Gasteiger partial charge in [0.05, 0.1) is 73.4 Å². The molecular weight excluding hydrogens is 1830 g/mol. The van der Waals surface area contributed by atoms with Crippen molar-refractivity contribution in [3.05, 3.63) is 370 Å².